The zero-order chi connectivity index (χ0) is 15.0. The van der Waals surface area contributed by atoms with Crippen LogP contribution in [0.2, 0.25) is 10.0 Å². The Morgan fingerprint density at radius 1 is 1.19 bits per heavy atom. The molecule has 1 aromatic carbocycles. The number of nitrogens with two attached hydrogens (primary N) is 1. The van der Waals surface area contributed by atoms with E-state index in [9.17, 15) is 4.39 Å². The maximum absolute atomic E-state index is 13.1. The van der Waals surface area contributed by atoms with E-state index in [4.69, 9.17) is 33.5 Å². The van der Waals surface area contributed by atoms with Gasteiger partial charge in [0.15, 0.2) is 0 Å². The van der Waals surface area contributed by atoms with E-state index < -0.39 is 5.82 Å². The van der Waals surface area contributed by atoms with Crippen LogP contribution >= 0.6 is 23.2 Å². The first-order valence-corrected chi connectivity index (χ1v) is 6.50. The van der Waals surface area contributed by atoms with Gasteiger partial charge in [0.1, 0.15) is 11.5 Å². The number of benzene rings is 1. The molecule has 106 valence electrons. The molecule has 0 unspecified atom stereocenters. The molecule has 2 heterocycles. The quantitative estimate of drug-likeness (QED) is 0.725. The Hall–Kier alpha value is -2.18. The molecule has 0 spiro atoms. The van der Waals surface area contributed by atoms with Crippen molar-refractivity contribution < 1.29 is 8.91 Å². The molecule has 3 aromatic rings. The number of nitrogens with zero attached hydrogens (tertiary/aromatic N) is 3. The van der Waals surface area contributed by atoms with Crippen molar-refractivity contribution in [2.24, 2.45) is 0 Å². The molecule has 3 rings (SSSR count). The van der Waals surface area contributed by atoms with Gasteiger partial charge in [-0.3, -0.25) is 0 Å². The summed E-state index contributed by atoms with van der Waals surface area (Å²) in [4.78, 5) is 8.22. The van der Waals surface area contributed by atoms with Crippen LogP contribution in [0.4, 0.5) is 10.1 Å². The maximum Gasteiger partial charge on any atom is 0.258 e. The molecule has 8 heteroatoms. The molecule has 21 heavy (non-hydrogen) atoms. The van der Waals surface area contributed by atoms with Gasteiger partial charge in [-0.2, -0.15) is 4.98 Å². The summed E-state index contributed by atoms with van der Waals surface area (Å²) in [5, 5.41) is 4.50. The predicted octanol–water partition coefficient (Wildman–Crippen LogP) is 3.83. The molecule has 2 N–H and O–H groups in total. The lowest BCUT2D eigenvalue weighted by atomic mass is 10.2. The van der Waals surface area contributed by atoms with E-state index in [0.29, 0.717) is 21.3 Å². The second kappa shape index (κ2) is 5.31. The summed E-state index contributed by atoms with van der Waals surface area (Å²) in [5.74, 6) is -0.125. The second-order valence-electron chi connectivity index (χ2n) is 4.14. The molecule has 0 saturated carbocycles. The average Bonchev–Trinajstić information content (AvgIpc) is 2.91. The van der Waals surface area contributed by atoms with Gasteiger partial charge in [0.05, 0.1) is 15.7 Å². The highest BCUT2D eigenvalue weighted by Gasteiger charge is 2.15. The molecule has 0 aliphatic heterocycles. The third kappa shape index (κ3) is 2.68. The molecule has 0 aliphatic rings. The highest BCUT2D eigenvalue weighted by atomic mass is 35.5. The van der Waals surface area contributed by atoms with E-state index in [1.807, 2.05) is 0 Å². The number of rotatable bonds is 2. The first-order chi connectivity index (χ1) is 10.0. The van der Waals surface area contributed by atoms with Crippen molar-refractivity contribution >= 4 is 28.9 Å². The zero-order valence-corrected chi connectivity index (χ0v) is 11.9. The van der Waals surface area contributed by atoms with E-state index in [1.165, 1.54) is 30.5 Å². The van der Waals surface area contributed by atoms with Crippen LogP contribution in [0.3, 0.4) is 0 Å². The SMILES string of the molecule is Nc1cc(-c2nc(-c3ncc(Cl)cc3Cl)no2)ccc1F. The smallest absolute Gasteiger partial charge is 0.258 e. The van der Waals surface area contributed by atoms with Crippen LogP contribution in [-0.2, 0) is 0 Å². The minimum absolute atomic E-state index is 0.00472. The first-order valence-electron chi connectivity index (χ1n) is 5.75. The van der Waals surface area contributed by atoms with Crippen molar-refractivity contribution in [3.63, 3.8) is 0 Å². The van der Waals surface area contributed by atoms with Crippen LogP contribution in [0.5, 0.6) is 0 Å². The summed E-state index contributed by atoms with van der Waals surface area (Å²) >= 11 is 11.8. The summed E-state index contributed by atoms with van der Waals surface area (Å²) in [6, 6.07) is 5.64. The monoisotopic (exact) mass is 324 g/mol. The minimum atomic E-state index is -0.513. The number of hydrogen-bond donors (Lipinski definition) is 1. The molecule has 2 aromatic heterocycles. The van der Waals surface area contributed by atoms with Gasteiger partial charge in [0.2, 0.25) is 5.82 Å². The fraction of sp³-hybridized carbons (Fsp3) is 0. The number of hydrogen-bond acceptors (Lipinski definition) is 5. The lowest BCUT2D eigenvalue weighted by Crippen LogP contribution is -1.91. The van der Waals surface area contributed by atoms with Crippen molar-refractivity contribution in [2.45, 2.75) is 0 Å². The van der Waals surface area contributed by atoms with Gasteiger partial charge in [0, 0.05) is 11.8 Å². The molecule has 0 fully saturated rings. The Balaban J connectivity index is 2.01. The molecular formula is C13H7Cl2FN4O. The van der Waals surface area contributed by atoms with Gasteiger partial charge in [-0.05, 0) is 24.3 Å². The van der Waals surface area contributed by atoms with E-state index in [1.54, 1.807) is 0 Å². The van der Waals surface area contributed by atoms with Crippen LogP contribution in [0, 0.1) is 5.82 Å². The van der Waals surface area contributed by atoms with E-state index in [0.717, 1.165) is 0 Å². The Morgan fingerprint density at radius 3 is 2.71 bits per heavy atom. The molecule has 0 amide bonds. The summed E-state index contributed by atoms with van der Waals surface area (Å²) < 4.78 is 18.3. The molecule has 0 atom stereocenters. The van der Waals surface area contributed by atoms with Crippen molar-refractivity contribution in [1.29, 1.82) is 0 Å². The predicted molar refractivity (Wildman–Crippen MR) is 77.4 cm³/mol. The standard InChI is InChI=1S/C13H7Cl2FN4O/c14-7-4-8(15)11(18-5-7)12-19-13(21-20-12)6-1-2-9(16)10(17)3-6/h1-5H,17H2. The lowest BCUT2D eigenvalue weighted by molar-refractivity contribution is 0.432. The van der Waals surface area contributed by atoms with Gasteiger partial charge >= 0.3 is 0 Å². The molecule has 0 radical (unpaired) electrons. The van der Waals surface area contributed by atoms with Crippen molar-refractivity contribution in [2.75, 3.05) is 5.73 Å². The van der Waals surface area contributed by atoms with Crippen LogP contribution in [0.25, 0.3) is 23.0 Å². The Kier molecular flexibility index (Phi) is 3.48. The van der Waals surface area contributed by atoms with Crippen LogP contribution in [-0.4, -0.2) is 15.1 Å². The van der Waals surface area contributed by atoms with Gasteiger partial charge in [-0.25, -0.2) is 9.37 Å². The number of halogens is 3. The topological polar surface area (TPSA) is 77.8 Å². The number of anilines is 1. The van der Waals surface area contributed by atoms with Gasteiger partial charge in [0.25, 0.3) is 5.89 Å². The fourth-order valence-corrected chi connectivity index (χ4v) is 2.16. The van der Waals surface area contributed by atoms with Crippen molar-refractivity contribution in [1.82, 2.24) is 15.1 Å². The Morgan fingerprint density at radius 2 is 2.00 bits per heavy atom. The van der Waals surface area contributed by atoms with E-state index in [-0.39, 0.29) is 17.4 Å². The van der Waals surface area contributed by atoms with Gasteiger partial charge in [-0.15, -0.1) is 0 Å². The first kappa shape index (κ1) is 13.8. The van der Waals surface area contributed by atoms with Crippen LogP contribution in [0.15, 0.2) is 35.0 Å². The van der Waals surface area contributed by atoms with Crippen LogP contribution < -0.4 is 5.73 Å². The molecular weight excluding hydrogens is 318 g/mol. The summed E-state index contributed by atoms with van der Waals surface area (Å²) in [6.45, 7) is 0. The van der Waals surface area contributed by atoms with E-state index in [2.05, 4.69) is 15.1 Å². The summed E-state index contributed by atoms with van der Waals surface area (Å²) in [7, 11) is 0. The highest BCUT2D eigenvalue weighted by Crippen LogP contribution is 2.28. The number of aromatic nitrogens is 3. The van der Waals surface area contributed by atoms with E-state index >= 15 is 0 Å². The normalized spacial score (nSPS) is 10.8. The fourth-order valence-electron chi connectivity index (χ4n) is 1.69. The summed E-state index contributed by atoms with van der Waals surface area (Å²) in [6.07, 6.45) is 1.43. The summed E-state index contributed by atoms with van der Waals surface area (Å²) in [5.41, 5.74) is 6.34. The second-order valence-corrected chi connectivity index (χ2v) is 4.99. The largest absolute Gasteiger partial charge is 0.396 e. The highest BCUT2D eigenvalue weighted by molar-refractivity contribution is 6.35. The van der Waals surface area contributed by atoms with Crippen molar-refractivity contribution in [3.05, 3.63) is 46.3 Å². The molecule has 5 nitrogen and oxygen atoms in total. The third-order valence-corrected chi connectivity index (χ3v) is 3.18. The molecule has 0 bridgehead atoms. The Labute approximate surface area is 128 Å². The van der Waals surface area contributed by atoms with Crippen molar-refractivity contribution in [3.8, 4) is 23.0 Å². The van der Waals surface area contributed by atoms with Gasteiger partial charge < -0.3 is 10.3 Å². The zero-order valence-electron chi connectivity index (χ0n) is 10.3. The average molecular weight is 325 g/mol. The third-order valence-electron chi connectivity index (χ3n) is 2.69. The Bertz CT molecular complexity index is 822. The minimum Gasteiger partial charge on any atom is -0.396 e. The molecule has 0 aliphatic carbocycles. The number of pyridine rings is 1. The van der Waals surface area contributed by atoms with Crippen LogP contribution in [0.1, 0.15) is 0 Å². The lowest BCUT2D eigenvalue weighted by Gasteiger charge is -1.98. The molecule has 0 saturated heterocycles. The number of nitrogen functional groups attached to an aromatic ring is 1. The maximum atomic E-state index is 13.1. The van der Waals surface area contributed by atoms with Gasteiger partial charge in [-0.1, -0.05) is 28.4 Å².